The largest absolute Gasteiger partial charge is 0.326 e. The first-order valence-corrected chi connectivity index (χ1v) is 7.49. The van der Waals surface area contributed by atoms with Crippen LogP contribution in [0.25, 0.3) is 0 Å². The van der Waals surface area contributed by atoms with Gasteiger partial charge in [-0.2, -0.15) is 0 Å². The molecule has 0 unspecified atom stereocenters. The third-order valence-electron chi connectivity index (χ3n) is 3.86. The van der Waals surface area contributed by atoms with Gasteiger partial charge < -0.3 is 10.6 Å². The summed E-state index contributed by atoms with van der Waals surface area (Å²) >= 11 is 0. The van der Waals surface area contributed by atoms with Crippen LogP contribution in [0.3, 0.4) is 0 Å². The second-order valence-electron chi connectivity index (χ2n) is 5.43. The Hall–Kier alpha value is -2.62. The molecule has 112 valence electrons. The van der Waals surface area contributed by atoms with Crippen molar-refractivity contribution >= 4 is 23.2 Å². The van der Waals surface area contributed by atoms with Crippen molar-refractivity contribution in [2.45, 2.75) is 26.2 Å². The molecule has 0 aromatic heterocycles. The van der Waals surface area contributed by atoms with Gasteiger partial charge in [0.25, 0.3) is 5.91 Å². The van der Waals surface area contributed by atoms with Gasteiger partial charge in [-0.25, -0.2) is 0 Å². The van der Waals surface area contributed by atoms with Crippen LogP contribution in [-0.4, -0.2) is 11.8 Å². The summed E-state index contributed by atoms with van der Waals surface area (Å²) in [4.78, 5) is 23.7. The number of benzene rings is 2. The van der Waals surface area contributed by atoms with Crippen molar-refractivity contribution in [3.63, 3.8) is 0 Å². The molecule has 4 heteroatoms. The van der Waals surface area contributed by atoms with Gasteiger partial charge in [0.1, 0.15) is 0 Å². The normalized spacial score (nSPS) is 13.2. The van der Waals surface area contributed by atoms with E-state index < -0.39 is 0 Å². The fraction of sp³-hybridized carbons (Fsp3) is 0.222. The summed E-state index contributed by atoms with van der Waals surface area (Å²) in [7, 11) is 0. The summed E-state index contributed by atoms with van der Waals surface area (Å²) in [6.07, 6.45) is 2.08. The van der Waals surface area contributed by atoms with E-state index in [9.17, 15) is 9.59 Å². The Labute approximate surface area is 129 Å². The number of hydrogen-bond acceptors (Lipinski definition) is 2. The third kappa shape index (κ3) is 3.01. The number of amides is 2. The molecule has 0 spiro atoms. The highest BCUT2D eigenvalue weighted by molar-refractivity contribution is 6.05. The minimum Gasteiger partial charge on any atom is -0.326 e. The lowest BCUT2D eigenvalue weighted by Gasteiger charge is -2.17. The molecule has 22 heavy (non-hydrogen) atoms. The van der Waals surface area contributed by atoms with E-state index in [2.05, 4.69) is 17.6 Å². The van der Waals surface area contributed by atoms with E-state index in [0.29, 0.717) is 18.4 Å². The zero-order valence-corrected chi connectivity index (χ0v) is 12.5. The molecule has 0 radical (unpaired) electrons. The van der Waals surface area contributed by atoms with Gasteiger partial charge in [-0.15, -0.1) is 0 Å². The number of nitrogens with one attached hydrogen (secondary N) is 2. The Morgan fingerprint density at radius 3 is 2.86 bits per heavy atom. The smallest absolute Gasteiger partial charge is 0.255 e. The number of carbonyl (C=O) groups excluding carboxylic acids is 2. The van der Waals surface area contributed by atoms with E-state index in [1.54, 1.807) is 12.1 Å². The minimum absolute atomic E-state index is 0.0288. The van der Waals surface area contributed by atoms with Crippen molar-refractivity contribution in [2.24, 2.45) is 0 Å². The number of carbonyl (C=O) groups is 2. The van der Waals surface area contributed by atoms with Gasteiger partial charge in [0.2, 0.25) is 5.91 Å². The first-order chi connectivity index (χ1) is 10.7. The van der Waals surface area contributed by atoms with Crippen LogP contribution < -0.4 is 10.6 Å². The first kappa shape index (κ1) is 14.3. The molecule has 0 bridgehead atoms. The van der Waals surface area contributed by atoms with Gasteiger partial charge in [-0.1, -0.05) is 19.1 Å². The molecule has 1 heterocycles. The Kier molecular flexibility index (Phi) is 3.92. The standard InChI is InChI=1S/C18H18N2O2/c1-2-12-4-3-5-15(10-12)19-18(22)14-6-8-16-13(11-14)7-9-17(21)20-16/h3-6,8,10-11H,2,7,9H2,1H3,(H,19,22)(H,20,21). The van der Waals surface area contributed by atoms with E-state index in [-0.39, 0.29) is 11.8 Å². The second kappa shape index (κ2) is 6.02. The van der Waals surface area contributed by atoms with Gasteiger partial charge in [0, 0.05) is 23.4 Å². The first-order valence-electron chi connectivity index (χ1n) is 7.49. The summed E-state index contributed by atoms with van der Waals surface area (Å²) in [5.41, 5.74) is 4.41. The summed E-state index contributed by atoms with van der Waals surface area (Å²) in [5, 5.41) is 5.74. The topological polar surface area (TPSA) is 58.2 Å². The maximum absolute atomic E-state index is 12.4. The van der Waals surface area contributed by atoms with Crippen LogP contribution in [0.15, 0.2) is 42.5 Å². The predicted octanol–water partition coefficient (Wildman–Crippen LogP) is 3.39. The number of hydrogen-bond donors (Lipinski definition) is 2. The summed E-state index contributed by atoms with van der Waals surface area (Å²) < 4.78 is 0. The monoisotopic (exact) mass is 294 g/mol. The van der Waals surface area contributed by atoms with Crippen molar-refractivity contribution in [3.8, 4) is 0 Å². The van der Waals surface area contributed by atoms with Gasteiger partial charge in [-0.3, -0.25) is 9.59 Å². The molecular formula is C18H18N2O2. The third-order valence-corrected chi connectivity index (χ3v) is 3.86. The van der Waals surface area contributed by atoms with Crippen LogP contribution in [0.2, 0.25) is 0 Å². The lowest BCUT2D eigenvalue weighted by atomic mass is 10.00. The maximum Gasteiger partial charge on any atom is 0.255 e. The number of aryl methyl sites for hydroxylation is 2. The molecule has 0 aliphatic carbocycles. The highest BCUT2D eigenvalue weighted by Gasteiger charge is 2.16. The Balaban J connectivity index is 1.79. The molecule has 1 aliphatic rings. The van der Waals surface area contributed by atoms with Crippen LogP contribution in [-0.2, 0) is 17.6 Å². The molecule has 0 fully saturated rings. The van der Waals surface area contributed by atoms with Crippen LogP contribution >= 0.6 is 0 Å². The van der Waals surface area contributed by atoms with Gasteiger partial charge >= 0.3 is 0 Å². The Morgan fingerprint density at radius 2 is 2.05 bits per heavy atom. The Bertz CT molecular complexity index is 738. The highest BCUT2D eigenvalue weighted by Crippen LogP contribution is 2.24. The molecule has 2 amide bonds. The average molecular weight is 294 g/mol. The van der Waals surface area contributed by atoms with E-state index in [1.165, 1.54) is 5.56 Å². The lowest BCUT2D eigenvalue weighted by Crippen LogP contribution is -2.20. The van der Waals surface area contributed by atoms with Crippen molar-refractivity contribution in [1.29, 1.82) is 0 Å². The van der Waals surface area contributed by atoms with E-state index in [1.807, 2.05) is 30.3 Å². The molecule has 4 nitrogen and oxygen atoms in total. The van der Waals surface area contributed by atoms with Crippen molar-refractivity contribution < 1.29 is 9.59 Å². The quantitative estimate of drug-likeness (QED) is 0.911. The molecule has 0 saturated carbocycles. The lowest BCUT2D eigenvalue weighted by molar-refractivity contribution is -0.116. The summed E-state index contributed by atoms with van der Waals surface area (Å²) in [5.74, 6) is -0.103. The van der Waals surface area contributed by atoms with Crippen molar-refractivity contribution in [2.75, 3.05) is 10.6 Å². The van der Waals surface area contributed by atoms with Crippen LogP contribution in [0.4, 0.5) is 11.4 Å². The zero-order chi connectivity index (χ0) is 15.5. The van der Waals surface area contributed by atoms with Gasteiger partial charge in [0.15, 0.2) is 0 Å². The molecule has 0 saturated heterocycles. The average Bonchev–Trinajstić information content (AvgIpc) is 2.54. The Morgan fingerprint density at radius 1 is 1.18 bits per heavy atom. The second-order valence-corrected chi connectivity index (χ2v) is 5.43. The van der Waals surface area contributed by atoms with Gasteiger partial charge in [-0.05, 0) is 54.3 Å². The predicted molar refractivity (Wildman–Crippen MR) is 87.2 cm³/mol. The fourth-order valence-corrected chi connectivity index (χ4v) is 2.60. The van der Waals surface area contributed by atoms with Gasteiger partial charge in [0.05, 0.1) is 0 Å². The van der Waals surface area contributed by atoms with Crippen molar-refractivity contribution in [3.05, 3.63) is 59.2 Å². The highest BCUT2D eigenvalue weighted by atomic mass is 16.2. The minimum atomic E-state index is -0.132. The molecular weight excluding hydrogens is 276 g/mol. The van der Waals surface area contributed by atoms with E-state index in [0.717, 1.165) is 23.4 Å². The summed E-state index contributed by atoms with van der Waals surface area (Å²) in [6, 6.07) is 13.2. The fourth-order valence-electron chi connectivity index (χ4n) is 2.60. The number of rotatable bonds is 3. The maximum atomic E-state index is 12.4. The van der Waals surface area contributed by atoms with Crippen LogP contribution in [0, 0.1) is 0 Å². The number of anilines is 2. The van der Waals surface area contributed by atoms with E-state index >= 15 is 0 Å². The number of fused-ring (bicyclic) bond motifs is 1. The molecule has 2 N–H and O–H groups in total. The van der Waals surface area contributed by atoms with Crippen molar-refractivity contribution in [1.82, 2.24) is 0 Å². The van der Waals surface area contributed by atoms with Crippen LogP contribution in [0.5, 0.6) is 0 Å². The molecule has 3 rings (SSSR count). The molecule has 2 aromatic rings. The molecule has 1 aliphatic heterocycles. The van der Waals surface area contributed by atoms with E-state index in [4.69, 9.17) is 0 Å². The molecule has 2 aromatic carbocycles. The van der Waals surface area contributed by atoms with Crippen LogP contribution in [0.1, 0.15) is 34.8 Å². The molecule has 0 atom stereocenters. The summed E-state index contributed by atoms with van der Waals surface area (Å²) in [6.45, 7) is 2.08. The SMILES string of the molecule is CCc1cccc(NC(=O)c2ccc3c(c2)CCC(=O)N3)c1. The zero-order valence-electron chi connectivity index (χ0n) is 12.5.